The van der Waals surface area contributed by atoms with Gasteiger partial charge in [-0.05, 0) is 42.1 Å². The number of nitrogens with one attached hydrogen (secondary N) is 2. The molecule has 0 fully saturated rings. The molecule has 6 nitrogen and oxygen atoms in total. The highest BCUT2D eigenvalue weighted by Gasteiger charge is 2.07. The first-order chi connectivity index (χ1) is 13.7. The van der Waals surface area contributed by atoms with Crippen LogP contribution >= 0.6 is 0 Å². The number of carbonyl (C=O) groups is 1. The van der Waals surface area contributed by atoms with Crippen molar-refractivity contribution in [3.63, 3.8) is 0 Å². The van der Waals surface area contributed by atoms with E-state index in [-0.39, 0.29) is 5.91 Å². The fourth-order valence-corrected chi connectivity index (χ4v) is 3.28. The van der Waals surface area contributed by atoms with Crippen molar-refractivity contribution in [3.8, 4) is 0 Å². The molecule has 6 heteroatoms. The second-order valence-corrected chi connectivity index (χ2v) is 6.79. The number of hydrogen-bond donors (Lipinski definition) is 2. The number of amides is 1. The third-order valence-corrected chi connectivity index (χ3v) is 4.66. The lowest BCUT2D eigenvalue weighted by Crippen LogP contribution is -2.25. The van der Waals surface area contributed by atoms with Gasteiger partial charge in [0.25, 0.3) is 5.91 Å². The van der Waals surface area contributed by atoms with Crippen molar-refractivity contribution in [3.05, 3.63) is 78.8 Å². The molecule has 0 unspecified atom stereocenters. The van der Waals surface area contributed by atoms with Crippen molar-refractivity contribution >= 4 is 28.2 Å². The highest BCUT2D eigenvalue weighted by molar-refractivity contribution is 5.95. The summed E-state index contributed by atoms with van der Waals surface area (Å²) in [5, 5.41) is 11.6. The van der Waals surface area contributed by atoms with E-state index in [4.69, 9.17) is 0 Å². The van der Waals surface area contributed by atoms with Crippen LogP contribution in [0.3, 0.4) is 0 Å². The van der Waals surface area contributed by atoms with Crippen molar-refractivity contribution in [1.82, 2.24) is 19.7 Å². The Balaban J connectivity index is 1.30. The number of anilines is 2. The van der Waals surface area contributed by atoms with Crippen molar-refractivity contribution in [1.29, 1.82) is 0 Å². The SMILES string of the molecule is Cn1cc(Nc2cccc(C(=O)NCCCn3ccc4ccccc43)c2)cn1. The number of aryl methyl sites for hydroxylation is 2. The number of carbonyl (C=O) groups excluding carboxylic acids is 1. The molecule has 0 atom stereocenters. The van der Waals surface area contributed by atoms with Crippen LogP contribution < -0.4 is 10.6 Å². The van der Waals surface area contributed by atoms with Gasteiger partial charge in [-0.3, -0.25) is 9.48 Å². The summed E-state index contributed by atoms with van der Waals surface area (Å²) in [6.07, 6.45) is 6.60. The Kier molecular flexibility index (Phi) is 5.10. The summed E-state index contributed by atoms with van der Waals surface area (Å²) in [5.74, 6) is -0.0628. The summed E-state index contributed by atoms with van der Waals surface area (Å²) in [4.78, 5) is 12.5. The molecule has 4 aromatic rings. The average molecular weight is 373 g/mol. The fourth-order valence-electron chi connectivity index (χ4n) is 3.28. The Bertz CT molecular complexity index is 1090. The molecule has 2 aromatic heterocycles. The van der Waals surface area contributed by atoms with Gasteiger partial charge < -0.3 is 15.2 Å². The van der Waals surface area contributed by atoms with E-state index in [2.05, 4.69) is 44.7 Å². The Labute approximate surface area is 163 Å². The Morgan fingerprint density at radius 3 is 2.82 bits per heavy atom. The summed E-state index contributed by atoms with van der Waals surface area (Å²) < 4.78 is 3.95. The topological polar surface area (TPSA) is 63.9 Å². The van der Waals surface area contributed by atoms with E-state index < -0.39 is 0 Å². The third-order valence-electron chi connectivity index (χ3n) is 4.66. The largest absolute Gasteiger partial charge is 0.353 e. The second kappa shape index (κ2) is 8.00. The molecule has 0 aliphatic carbocycles. The predicted octanol–water partition coefficient (Wildman–Crippen LogP) is 3.94. The maximum Gasteiger partial charge on any atom is 0.251 e. The number of para-hydroxylation sites is 1. The lowest BCUT2D eigenvalue weighted by molar-refractivity contribution is 0.0953. The Hall–Kier alpha value is -3.54. The normalized spacial score (nSPS) is 10.9. The quantitative estimate of drug-likeness (QED) is 0.482. The lowest BCUT2D eigenvalue weighted by atomic mass is 10.2. The first kappa shape index (κ1) is 17.9. The van der Waals surface area contributed by atoms with Crippen molar-refractivity contribution in [2.45, 2.75) is 13.0 Å². The molecule has 0 radical (unpaired) electrons. The van der Waals surface area contributed by atoms with Gasteiger partial charge >= 0.3 is 0 Å². The van der Waals surface area contributed by atoms with Gasteiger partial charge in [0.05, 0.1) is 11.9 Å². The number of hydrogen-bond acceptors (Lipinski definition) is 3. The van der Waals surface area contributed by atoms with Crippen LogP contribution in [0.15, 0.2) is 73.2 Å². The monoisotopic (exact) mass is 373 g/mol. The molecule has 0 saturated carbocycles. The summed E-state index contributed by atoms with van der Waals surface area (Å²) in [5.41, 5.74) is 3.61. The van der Waals surface area contributed by atoms with Gasteiger partial charge in [-0.1, -0.05) is 24.3 Å². The zero-order valence-electron chi connectivity index (χ0n) is 15.8. The smallest absolute Gasteiger partial charge is 0.251 e. The van der Waals surface area contributed by atoms with Crippen molar-refractivity contribution < 1.29 is 4.79 Å². The maximum absolute atomic E-state index is 12.5. The molecular weight excluding hydrogens is 350 g/mol. The number of benzene rings is 2. The Morgan fingerprint density at radius 2 is 1.96 bits per heavy atom. The molecule has 1 amide bonds. The minimum absolute atomic E-state index is 0.0628. The molecule has 28 heavy (non-hydrogen) atoms. The molecule has 2 aromatic carbocycles. The van der Waals surface area contributed by atoms with E-state index in [1.54, 1.807) is 10.9 Å². The number of rotatable bonds is 7. The molecule has 4 rings (SSSR count). The number of nitrogens with zero attached hydrogens (tertiary/aromatic N) is 3. The van der Waals surface area contributed by atoms with Crippen molar-refractivity contribution in [2.75, 3.05) is 11.9 Å². The summed E-state index contributed by atoms with van der Waals surface area (Å²) in [7, 11) is 1.87. The standard InChI is InChI=1S/C22H23N5O/c1-26-16-20(15-24-26)25-19-8-4-7-18(14-19)22(28)23-11-5-12-27-13-10-17-6-2-3-9-21(17)27/h2-4,6-10,13-16,25H,5,11-12H2,1H3,(H,23,28). The molecule has 2 heterocycles. The maximum atomic E-state index is 12.5. The Morgan fingerprint density at radius 1 is 1.07 bits per heavy atom. The molecule has 0 spiro atoms. The highest BCUT2D eigenvalue weighted by atomic mass is 16.1. The molecule has 0 bridgehead atoms. The van der Waals surface area contributed by atoms with E-state index in [9.17, 15) is 4.79 Å². The fraction of sp³-hybridized carbons (Fsp3) is 0.182. The van der Waals surface area contributed by atoms with Gasteiger partial charge in [-0.25, -0.2) is 0 Å². The van der Waals surface area contributed by atoms with Crippen LogP contribution in [0.25, 0.3) is 10.9 Å². The van der Waals surface area contributed by atoms with Crippen LogP contribution in [0.5, 0.6) is 0 Å². The molecule has 0 aliphatic rings. The van der Waals surface area contributed by atoms with Crippen LogP contribution in [-0.4, -0.2) is 26.8 Å². The lowest BCUT2D eigenvalue weighted by Gasteiger charge is -2.09. The number of fused-ring (bicyclic) bond motifs is 1. The van der Waals surface area contributed by atoms with Gasteiger partial charge in [-0.2, -0.15) is 5.10 Å². The summed E-state index contributed by atoms with van der Waals surface area (Å²) in [6, 6.07) is 17.9. The highest BCUT2D eigenvalue weighted by Crippen LogP contribution is 2.17. The van der Waals surface area contributed by atoms with Crippen LogP contribution in [-0.2, 0) is 13.6 Å². The summed E-state index contributed by atoms with van der Waals surface area (Å²) >= 11 is 0. The van der Waals surface area contributed by atoms with Crippen LogP contribution in [0.2, 0.25) is 0 Å². The number of aromatic nitrogens is 3. The summed E-state index contributed by atoms with van der Waals surface area (Å²) in [6.45, 7) is 1.50. The van der Waals surface area contributed by atoms with Crippen LogP contribution in [0.4, 0.5) is 11.4 Å². The molecule has 2 N–H and O–H groups in total. The molecule has 142 valence electrons. The molecule has 0 aliphatic heterocycles. The van der Waals surface area contributed by atoms with E-state index in [1.807, 2.05) is 49.6 Å². The third kappa shape index (κ3) is 4.06. The van der Waals surface area contributed by atoms with Crippen LogP contribution in [0.1, 0.15) is 16.8 Å². The minimum Gasteiger partial charge on any atom is -0.353 e. The second-order valence-electron chi connectivity index (χ2n) is 6.79. The zero-order chi connectivity index (χ0) is 19.3. The van der Waals surface area contributed by atoms with Crippen molar-refractivity contribution in [2.24, 2.45) is 7.05 Å². The van der Waals surface area contributed by atoms with Gasteiger partial charge in [0.2, 0.25) is 0 Å². The molecular formula is C22H23N5O. The minimum atomic E-state index is -0.0628. The van der Waals surface area contributed by atoms with Gasteiger partial charge in [-0.15, -0.1) is 0 Å². The van der Waals surface area contributed by atoms with E-state index in [1.165, 1.54) is 10.9 Å². The predicted molar refractivity (Wildman–Crippen MR) is 112 cm³/mol. The van der Waals surface area contributed by atoms with Crippen LogP contribution in [0, 0.1) is 0 Å². The average Bonchev–Trinajstić information content (AvgIpc) is 3.31. The van der Waals surface area contributed by atoms with Gasteiger partial charge in [0.15, 0.2) is 0 Å². The van der Waals surface area contributed by atoms with E-state index in [0.29, 0.717) is 12.1 Å². The molecule has 0 saturated heterocycles. The van der Waals surface area contributed by atoms with Gasteiger partial charge in [0, 0.05) is 49.3 Å². The van der Waals surface area contributed by atoms with E-state index >= 15 is 0 Å². The first-order valence-electron chi connectivity index (χ1n) is 9.37. The first-order valence-corrected chi connectivity index (χ1v) is 9.37. The zero-order valence-corrected chi connectivity index (χ0v) is 15.8. The van der Waals surface area contributed by atoms with E-state index in [0.717, 1.165) is 24.3 Å². The van der Waals surface area contributed by atoms with Gasteiger partial charge in [0.1, 0.15) is 0 Å².